The molecule has 3 aromatic rings. The van der Waals surface area contributed by atoms with Crippen LogP contribution in [-0.4, -0.2) is 48.8 Å². The van der Waals surface area contributed by atoms with Crippen molar-refractivity contribution in [3.8, 4) is 0 Å². The van der Waals surface area contributed by atoms with Crippen molar-refractivity contribution in [1.82, 2.24) is 14.5 Å². The Morgan fingerprint density at radius 1 is 0.846 bits per heavy atom. The van der Waals surface area contributed by atoms with Crippen molar-refractivity contribution in [1.29, 1.82) is 0 Å². The van der Waals surface area contributed by atoms with Gasteiger partial charge in [-0.2, -0.15) is 4.31 Å². The average molecular weight is 570 g/mol. The predicted molar refractivity (Wildman–Crippen MR) is 155 cm³/mol. The number of nitrogens with zero attached hydrogens (tertiary/aromatic N) is 2. The van der Waals surface area contributed by atoms with Gasteiger partial charge >= 0.3 is 0 Å². The molecule has 0 aromatic heterocycles. The zero-order valence-electron chi connectivity index (χ0n) is 22.4. The molecule has 0 unspecified atom stereocenters. The van der Waals surface area contributed by atoms with Gasteiger partial charge in [-0.1, -0.05) is 104 Å². The van der Waals surface area contributed by atoms with Crippen molar-refractivity contribution in [3.63, 3.8) is 0 Å². The molecule has 9 heteroatoms. The van der Waals surface area contributed by atoms with Gasteiger partial charge in [-0.05, 0) is 35.2 Å². The maximum Gasteiger partial charge on any atom is 0.247 e. The molecule has 7 nitrogen and oxygen atoms in total. The molecule has 0 aliphatic heterocycles. The van der Waals surface area contributed by atoms with E-state index in [-0.39, 0.29) is 19.0 Å². The number of hydrogen-bond donors (Lipinski definition) is 1. The Morgan fingerprint density at radius 3 is 2.03 bits per heavy atom. The van der Waals surface area contributed by atoms with Gasteiger partial charge < -0.3 is 10.2 Å². The summed E-state index contributed by atoms with van der Waals surface area (Å²) in [4.78, 5) is 29.0. The van der Waals surface area contributed by atoms with Crippen LogP contribution in [-0.2, 0) is 32.7 Å². The summed E-state index contributed by atoms with van der Waals surface area (Å²) in [5.74, 6) is -0.794. The molecule has 3 aromatic carbocycles. The van der Waals surface area contributed by atoms with Gasteiger partial charge in [0.1, 0.15) is 6.04 Å². The summed E-state index contributed by atoms with van der Waals surface area (Å²) in [5.41, 5.74) is 2.16. The van der Waals surface area contributed by atoms with Crippen LogP contribution < -0.4 is 5.32 Å². The third-order valence-electron chi connectivity index (χ3n) is 6.32. The van der Waals surface area contributed by atoms with Crippen LogP contribution in [0.15, 0.2) is 84.9 Å². The summed E-state index contributed by atoms with van der Waals surface area (Å²) < 4.78 is 26.6. The highest BCUT2D eigenvalue weighted by Gasteiger charge is 2.33. The van der Waals surface area contributed by atoms with E-state index in [0.29, 0.717) is 17.1 Å². The van der Waals surface area contributed by atoms with Crippen LogP contribution >= 0.6 is 11.6 Å². The molecule has 208 valence electrons. The molecule has 0 radical (unpaired) electrons. The first-order valence-electron chi connectivity index (χ1n) is 13.0. The quantitative estimate of drug-likeness (QED) is 0.271. The maximum absolute atomic E-state index is 14.0. The first-order chi connectivity index (χ1) is 18.7. The lowest BCUT2D eigenvalue weighted by Gasteiger charge is -2.33. The number of nitrogens with one attached hydrogen (secondary N) is 1. The predicted octanol–water partition coefficient (Wildman–Crippen LogP) is 5.18. The van der Waals surface area contributed by atoms with Crippen molar-refractivity contribution in [2.24, 2.45) is 0 Å². The van der Waals surface area contributed by atoms with Crippen LogP contribution in [0.25, 0.3) is 0 Å². The molecule has 0 aliphatic rings. The Hall–Kier alpha value is -3.20. The number of carbonyl (C=O) groups is 2. The van der Waals surface area contributed by atoms with E-state index in [1.54, 1.807) is 36.4 Å². The van der Waals surface area contributed by atoms with Gasteiger partial charge in [-0.25, -0.2) is 8.42 Å². The lowest BCUT2D eigenvalue weighted by molar-refractivity contribution is -0.141. The highest BCUT2D eigenvalue weighted by Crippen LogP contribution is 2.25. The molecule has 0 saturated heterocycles. The number of rotatable bonds is 14. The zero-order chi connectivity index (χ0) is 28.3. The highest BCUT2D eigenvalue weighted by atomic mass is 35.5. The molecule has 2 amide bonds. The van der Waals surface area contributed by atoms with Crippen molar-refractivity contribution in [2.45, 2.75) is 45.3 Å². The van der Waals surface area contributed by atoms with Crippen molar-refractivity contribution in [3.05, 3.63) is 107 Å². The molecule has 1 N–H and O–H groups in total. The van der Waals surface area contributed by atoms with Crippen molar-refractivity contribution < 1.29 is 18.0 Å². The van der Waals surface area contributed by atoms with E-state index in [0.717, 1.165) is 41.0 Å². The molecule has 0 bridgehead atoms. The fourth-order valence-electron chi connectivity index (χ4n) is 4.22. The highest BCUT2D eigenvalue weighted by molar-refractivity contribution is 7.88. The second-order valence-corrected chi connectivity index (χ2v) is 11.9. The molecule has 3 rings (SSSR count). The summed E-state index contributed by atoms with van der Waals surface area (Å²) in [7, 11) is -3.73. The molecular weight excluding hydrogens is 534 g/mol. The van der Waals surface area contributed by atoms with Crippen LogP contribution in [0.4, 0.5) is 0 Å². The van der Waals surface area contributed by atoms with E-state index in [9.17, 15) is 18.0 Å². The van der Waals surface area contributed by atoms with Gasteiger partial charge in [0, 0.05) is 24.7 Å². The smallest absolute Gasteiger partial charge is 0.247 e. The normalized spacial score (nSPS) is 12.2. The monoisotopic (exact) mass is 569 g/mol. The van der Waals surface area contributed by atoms with Gasteiger partial charge in [0.2, 0.25) is 21.8 Å². The van der Waals surface area contributed by atoms with E-state index >= 15 is 0 Å². The Kier molecular flexibility index (Phi) is 11.5. The summed E-state index contributed by atoms with van der Waals surface area (Å²) >= 11 is 6.08. The fraction of sp³-hybridized carbons (Fsp3) is 0.333. The second kappa shape index (κ2) is 14.8. The lowest BCUT2D eigenvalue weighted by Crippen LogP contribution is -2.47. The van der Waals surface area contributed by atoms with Crippen molar-refractivity contribution >= 4 is 33.4 Å². The number of amides is 2. The SMILES string of the molecule is CCCCCNC(=O)[C@@H](c1ccccc1)N(Cc1ccc(Cl)cc1)C(=O)CN(Cc1ccccc1)S(C)(=O)=O. The van der Waals surface area contributed by atoms with Crippen LogP contribution in [0.3, 0.4) is 0 Å². The van der Waals surface area contributed by atoms with Crippen LogP contribution in [0.5, 0.6) is 0 Å². The topological polar surface area (TPSA) is 86.8 Å². The van der Waals surface area contributed by atoms with E-state index in [2.05, 4.69) is 12.2 Å². The first-order valence-corrected chi connectivity index (χ1v) is 15.3. The summed E-state index contributed by atoms with van der Waals surface area (Å²) in [6.07, 6.45) is 3.91. The van der Waals surface area contributed by atoms with Crippen molar-refractivity contribution in [2.75, 3.05) is 19.3 Å². The van der Waals surface area contributed by atoms with Crippen LogP contribution in [0.1, 0.15) is 48.9 Å². The average Bonchev–Trinajstić information content (AvgIpc) is 2.92. The Bertz CT molecular complexity index is 1300. The van der Waals surface area contributed by atoms with Gasteiger partial charge in [0.05, 0.1) is 12.8 Å². The van der Waals surface area contributed by atoms with E-state index in [1.807, 2.05) is 48.5 Å². The van der Waals surface area contributed by atoms with Gasteiger partial charge in [-0.3, -0.25) is 9.59 Å². The summed E-state index contributed by atoms with van der Waals surface area (Å²) in [6, 6.07) is 24.3. The summed E-state index contributed by atoms with van der Waals surface area (Å²) in [6.45, 7) is 2.31. The molecule has 1 atom stereocenters. The molecule has 39 heavy (non-hydrogen) atoms. The molecule has 0 fully saturated rings. The number of halogens is 1. The Morgan fingerprint density at radius 2 is 1.44 bits per heavy atom. The molecule has 0 saturated carbocycles. The molecule has 0 aliphatic carbocycles. The van der Waals surface area contributed by atoms with Crippen LogP contribution in [0.2, 0.25) is 5.02 Å². The van der Waals surface area contributed by atoms with Crippen LogP contribution in [0, 0.1) is 0 Å². The molecular formula is C30H36ClN3O4S. The number of carbonyl (C=O) groups excluding carboxylic acids is 2. The number of unbranched alkanes of at least 4 members (excludes halogenated alkanes) is 2. The third kappa shape index (κ3) is 9.49. The van der Waals surface area contributed by atoms with Gasteiger partial charge in [-0.15, -0.1) is 0 Å². The number of hydrogen-bond acceptors (Lipinski definition) is 4. The molecule has 0 spiro atoms. The number of benzene rings is 3. The Balaban J connectivity index is 1.98. The van der Waals surface area contributed by atoms with Gasteiger partial charge in [0.25, 0.3) is 0 Å². The van der Waals surface area contributed by atoms with Gasteiger partial charge in [0.15, 0.2) is 0 Å². The fourth-order valence-corrected chi connectivity index (χ4v) is 5.08. The minimum Gasteiger partial charge on any atom is -0.354 e. The third-order valence-corrected chi connectivity index (χ3v) is 7.77. The maximum atomic E-state index is 14.0. The zero-order valence-corrected chi connectivity index (χ0v) is 24.0. The first kappa shape index (κ1) is 30.3. The number of sulfonamides is 1. The Labute approximate surface area is 236 Å². The molecule has 0 heterocycles. The van der Waals surface area contributed by atoms with E-state index in [1.165, 1.54) is 4.90 Å². The lowest BCUT2D eigenvalue weighted by atomic mass is 10.0. The summed E-state index contributed by atoms with van der Waals surface area (Å²) in [5, 5.41) is 3.54. The van der Waals surface area contributed by atoms with E-state index in [4.69, 9.17) is 11.6 Å². The largest absolute Gasteiger partial charge is 0.354 e. The standard InChI is InChI=1S/C30H36ClN3O4S/c1-3-4-11-20-32-30(36)29(26-14-9-6-10-15-26)34(22-25-16-18-27(31)19-17-25)28(35)23-33(39(2,37)38)21-24-12-7-5-8-13-24/h5-10,12-19,29H,3-4,11,20-23H2,1-2H3,(H,32,36)/t29-/m1/s1. The minimum atomic E-state index is -3.73. The minimum absolute atomic E-state index is 0.0411. The second-order valence-electron chi connectivity index (χ2n) is 9.48. The van der Waals surface area contributed by atoms with E-state index < -0.39 is 28.5 Å².